The SMILES string of the molecule is CC(C)(C)c1ccc(O)c(C(C)(C)C)c1C1C=CCCCC1. The van der Waals surface area contributed by atoms with E-state index in [1.807, 2.05) is 6.07 Å². The zero-order chi connectivity index (χ0) is 16.5. The van der Waals surface area contributed by atoms with Gasteiger partial charge >= 0.3 is 0 Å². The average molecular weight is 300 g/mol. The molecule has 0 amide bonds. The van der Waals surface area contributed by atoms with Crippen molar-refractivity contribution < 1.29 is 5.11 Å². The summed E-state index contributed by atoms with van der Waals surface area (Å²) in [6, 6.07) is 4.03. The monoisotopic (exact) mass is 300 g/mol. The van der Waals surface area contributed by atoms with Gasteiger partial charge in [-0.1, -0.05) is 66.2 Å². The third kappa shape index (κ3) is 3.56. The fourth-order valence-electron chi connectivity index (χ4n) is 3.66. The summed E-state index contributed by atoms with van der Waals surface area (Å²) in [5.74, 6) is 0.881. The molecular weight excluding hydrogens is 268 g/mol. The van der Waals surface area contributed by atoms with E-state index in [4.69, 9.17) is 0 Å². The van der Waals surface area contributed by atoms with E-state index in [0.29, 0.717) is 11.7 Å². The van der Waals surface area contributed by atoms with Crippen molar-refractivity contribution >= 4 is 0 Å². The van der Waals surface area contributed by atoms with Crippen LogP contribution in [0, 0.1) is 0 Å². The molecule has 1 aliphatic carbocycles. The van der Waals surface area contributed by atoms with Crippen LogP contribution in [0.2, 0.25) is 0 Å². The van der Waals surface area contributed by atoms with Crippen molar-refractivity contribution in [2.45, 2.75) is 84.0 Å². The number of hydrogen-bond donors (Lipinski definition) is 1. The third-order valence-electron chi connectivity index (χ3n) is 4.66. The molecule has 0 radical (unpaired) electrons. The highest BCUT2D eigenvalue weighted by Gasteiger charge is 2.31. The van der Waals surface area contributed by atoms with Crippen molar-refractivity contribution in [2.75, 3.05) is 0 Å². The van der Waals surface area contributed by atoms with Crippen molar-refractivity contribution in [1.82, 2.24) is 0 Å². The summed E-state index contributed by atoms with van der Waals surface area (Å²) >= 11 is 0. The van der Waals surface area contributed by atoms with Crippen LogP contribution in [0.3, 0.4) is 0 Å². The Morgan fingerprint density at radius 3 is 2.23 bits per heavy atom. The Hall–Kier alpha value is -1.24. The molecule has 0 fully saturated rings. The quantitative estimate of drug-likeness (QED) is 0.612. The fourth-order valence-corrected chi connectivity index (χ4v) is 3.66. The molecule has 1 N–H and O–H groups in total. The first kappa shape index (κ1) is 17.1. The summed E-state index contributed by atoms with van der Waals surface area (Å²) in [6.07, 6.45) is 9.63. The first-order valence-electron chi connectivity index (χ1n) is 8.66. The van der Waals surface area contributed by atoms with Gasteiger partial charge in [0.15, 0.2) is 0 Å². The molecule has 0 bridgehead atoms. The zero-order valence-corrected chi connectivity index (χ0v) is 15.2. The van der Waals surface area contributed by atoms with Crippen LogP contribution in [0.25, 0.3) is 0 Å². The Labute approximate surface area is 136 Å². The maximum Gasteiger partial charge on any atom is 0.119 e. The van der Waals surface area contributed by atoms with Gasteiger partial charge in [0, 0.05) is 11.5 Å². The van der Waals surface area contributed by atoms with Crippen LogP contribution >= 0.6 is 0 Å². The molecule has 0 spiro atoms. The van der Waals surface area contributed by atoms with E-state index in [1.165, 1.54) is 36.8 Å². The lowest BCUT2D eigenvalue weighted by molar-refractivity contribution is 0.438. The van der Waals surface area contributed by atoms with Crippen LogP contribution < -0.4 is 0 Å². The Kier molecular flexibility index (Phi) is 4.75. The average Bonchev–Trinajstić information content (AvgIpc) is 2.63. The van der Waals surface area contributed by atoms with Crippen molar-refractivity contribution in [3.8, 4) is 5.75 Å². The largest absolute Gasteiger partial charge is 0.508 e. The van der Waals surface area contributed by atoms with Crippen LogP contribution in [0.4, 0.5) is 0 Å². The molecule has 1 nitrogen and oxygen atoms in total. The number of phenols is 1. The minimum atomic E-state index is -0.0547. The van der Waals surface area contributed by atoms with Gasteiger partial charge in [0.2, 0.25) is 0 Å². The minimum Gasteiger partial charge on any atom is -0.508 e. The van der Waals surface area contributed by atoms with Gasteiger partial charge < -0.3 is 5.11 Å². The Balaban J connectivity index is 2.72. The van der Waals surface area contributed by atoms with E-state index in [9.17, 15) is 5.11 Å². The summed E-state index contributed by atoms with van der Waals surface area (Å²) in [5.41, 5.74) is 3.92. The van der Waals surface area contributed by atoms with Gasteiger partial charge in [-0.2, -0.15) is 0 Å². The van der Waals surface area contributed by atoms with Gasteiger partial charge in [0.1, 0.15) is 5.75 Å². The molecule has 0 aromatic heterocycles. The Morgan fingerprint density at radius 1 is 0.955 bits per heavy atom. The predicted molar refractivity (Wildman–Crippen MR) is 95.9 cm³/mol. The molecule has 22 heavy (non-hydrogen) atoms. The van der Waals surface area contributed by atoms with Gasteiger partial charge in [-0.25, -0.2) is 0 Å². The Morgan fingerprint density at radius 2 is 1.64 bits per heavy atom. The standard InChI is InChI=1S/C21H32O/c1-20(2,3)16-13-14-17(22)19(21(4,5)6)18(16)15-11-9-7-8-10-12-15/h9,11,13-15,22H,7-8,10,12H2,1-6H3. The zero-order valence-electron chi connectivity index (χ0n) is 15.2. The second-order valence-corrected chi connectivity index (χ2v) is 8.74. The number of aromatic hydroxyl groups is 1. The molecule has 1 atom stereocenters. The molecule has 2 rings (SSSR count). The number of hydrogen-bond acceptors (Lipinski definition) is 1. The van der Waals surface area contributed by atoms with Crippen molar-refractivity contribution in [1.29, 1.82) is 0 Å². The van der Waals surface area contributed by atoms with Crippen molar-refractivity contribution in [2.24, 2.45) is 0 Å². The molecule has 1 aliphatic rings. The maximum atomic E-state index is 10.6. The van der Waals surface area contributed by atoms with Gasteiger partial charge in [-0.3, -0.25) is 0 Å². The number of phenolic OH excluding ortho intramolecular Hbond substituents is 1. The summed E-state index contributed by atoms with van der Waals surface area (Å²) in [7, 11) is 0. The third-order valence-corrected chi connectivity index (χ3v) is 4.66. The van der Waals surface area contributed by atoms with Crippen LogP contribution in [0.5, 0.6) is 5.75 Å². The topological polar surface area (TPSA) is 20.2 Å². The highest BCUT2D eigenvalue weighted by atomic mass is 16.3. The first-order chi connectivity index (χ1) is 10.1. The summed E-state index contributed by atoms with van der Waals surface area (Å²) in [6.45, 7) is 13.4. The Bertz CT molecular complexity index is 552. The van der Waals surface area contributed by atoms with Crippen molar-refractivity contribution in [3.63, 3.8) is 0 Å². The lowest BCUT2D eigenvalue weighted by Crippen LogP contribution is -2.22. The molecule has 0 aliphatic heterocycles. The van der Waals surface area contributed by atoms with E-state index in [2.05, 4.69) is 59.8 Å². The molecule has 1 aromatic rings. The van der Waals surface area contributed by atoms with Gasteiger partial charge in [-0.05, 0) is 47.3 Å². The van der Waals surface area contributed by atoms with Crippen LogP contribution in [0.15, 0.2) is 24.3 Å². The molecule has 122 valence electrons. The van der Waals surface area contributed by atoms with E-state index in [-0.39, 0.29) is 10.8 Å². The second kappa shape index (κ2) is 6.10. The van der Waals surface area contributed by atoms with Gasteiger partial charge in [0.25, 0.3) is 0 Å². The van der Waals surface area contributed by atoms with Gasteiger partial charge in [0.05, 0.1) is 0 Å². The van der Waals surface area contributed by atoms with E-state index >= 15 is 0 Å². The molecule has 1 aromatic carbocycles. The smallest absolute Gasteiger partial charge is 0.119 e. The number of benzene rings is 1. The summed E-state index contributed by atoms with van der Waals surface area (Å²) < 4.78 is 0. The first-order valence-corrected chi connectivity index (χ1v) is 8.66. The number of allylic oxidation sites excluding steroid dienone is 2. The molecule has 0 saturated heterocycles. The highest BCUT2D eigenvalue weighted by Crippen LogP contribution is 2.44. The second-order valence-electron chi connectivity index (χ2n) is 8.74. The van der Waals surface area contributed by atoms with Crippen molar-refractivity contribution in [3.05, 3.63) is 41.0 Å². The number of rotatable bonds is 1. The lowest BCUT2D eigenvalue weighted by atomic mass is 9.71. The molecule has 1 heteroatoms. The van der Waals surface area contributed by atoms with E-state index in [0.717, 1.165) is 5.56 Å². The minimum absolute atomic E-state index is 0.0547. The predicted octanol–water partition coefficient (Wildman–Crippen LogP) is 6.20. The summed E-state index contributed by atoms with van der Waals surface area (Å²) in [5, 5.41) is 10.6. The molecular formula is C21H32O. The van der Waals surface area contributed by atoms with E-state index in [1.54, 1.807) is 0 Å². The normalized spacial score (nSPS) is 20.0. The lowest BCUT2D eigenvalue weighted by Gasteiger charge is -2.33. The summed E-state index contributed by atoms with van der Waals surface area (Å²) in [4.78, 5) is 0. The van der Waals surface area contributed by atoms with E-state index < -0.39 is 0 Å². The molecule has 0 saturated carbocycles. The molecule has 1 unspecified atom stereocenters. The molecule has 0 heterocycles. The highest BCUT2D eigenvalue weighted by molar-refractivity contribution is 5.53. The van der Waals surface area contributed by atoms with Gasteiger partial charge in [-0.15, -0.1) is 0 Å². The van der Waals surface area contributed by atoms with Crippen LogP contribution in [0.1, 0.15) is 89.8 Å². The maximum absolute atomic E-state index is 10.6. The van der Waals surface area contributed by atoms with Crippen LogP contribution in [-0.2, 0) is 10.8 Å². The fraction of sp³-hybridized carbons (Fsp3) is 0.619. The van der Waals surface area contributed by atoms with Crippen LogP contribution in [-0.4, -0.2) is 5.11 Å².